The molecule has 5 atom stereocenters. The Hall–Kier alpha value is -3.82. The summed E-state index contributed by atoms with van der Waals surface area (Å²) < 4.78 is 46.2. The Morgan fingerprint density at radius 3 is 2.68 bits per heavy atom. The summed E-state index contributed by atoms with van der Waals surface area (Å²) in [6, 6.07) is 17.8. The maximum Gasteiger partial charge on any atom is 0.416 e. The fraction of sp³-hybridized carbons (Fsp3) is 0.400. The topological polar surface area (TPSA) is 73.2 Å². The summed E-state index contributed by atoms with van der Waals surface area (Å²) in [7, 11) is 1.66. The average molecular weight is 605 g/mol. The number of carbonyl (C=O) groups is 1. The van der Waals surface area contributed by atoms with Gasteiger partial charge in [0.1, 0.15) is 11.7 Å². The first kappa shape index (κ1) is 28.9. The van der Waals surface area contributed by atoms with Gasteiger partial charge >= 0.3 is 6.18 Å². The second-order valence-electron chi connectivity index (χ2n) is 12.6. The van der Waals surface area contributed by atoms with E-state index < -0.39 is 34.7 Å². The zero-order valence-corrected chi connectivity index (χ0v) is 24.4. The lowest BCUT2D eigenvalue weighted by Crippen LogP contribution is -2.81. The van der Waals surface area contributed by atoms with Crippen molar-refractivity contribution in [3.8, 4) is 11.5 Å². The number of amides is 1. The summed E-state index contributed by atoms with van der Waals surface area (Å²) in [5.74, 6) is 0.108. The summed E-state index contributed by atoms with van der Waals surface area (Å²) in [6.07, 6.45) is 0.893. The predicted molar refractivity (Wildman–Crippen MR) is 159 cm³/mol. The number of aliphatic hydroxyl groups is 1. The summed E-state index contributed by atoms with van der Waals surface area (Å²) in [6.45, 7) is 1.48. The van der Waals surface area contributed by atoms with Crippen LogP contribution < -0.4 is 4.74 Å². The smallest absolute Gasteiger partial charge is 0.416 e. The second kappa shape index (κ2) is 10.4. The Bertz CT molecular complexity index is 1630. The first-order valence-electron chi connectivity index (χ1n) is 15.2. The van der Waals surface area contributed by atoms with Gasteiger partial charge in [-0.15, -0.1) is 0 Å². The van der Waals surface area contributed by atoms with Gasteiger partial charge in [-0.3, -0.25) is 9.69 Å². The number of carbonyl (C=O) groups excluding carboxylic acids is 1. The third-order valence-corrected chi connectivity index (χ3v) is 10.5. The number of ether oxygens (including phenoxy) is 1. The molecular formula is C35H35F3N2O4. The Balaban J connectivity index is 1.24. The number of phenolic OH excluding ortho intramolecular Hbond substituents is 1. The molecule has 7 rings (SSSR count). The average Bonchev–Trinajstić information content (AvgIpc) is 3.35. The summed E-state index contributed by atoms with van der Waals surface area (Å²) in [5.41, 5.74) is 0.431. The van der Waals surface area contributed by atoms with Crippen molar-refractivity contribution in [1.82, 2.24) is 9.80 Å². The molecule has 1 saturated carbocycles. The molecule has 2 fully saturated rings. The molecule has 2 bridgehead atoms. The minimum Gasteiger partial charge on any atom is -0.504 e. The molecule has 4 aliphatic rings. The van der Waals surface area contributed by atoms with Crippen LogP contribution in [0.1, 0.15) is 47.1 Å². The minimum absolute atomic E-state index is 0.0600. The van der Waals surface area contributed by atoms with E-state index in [4.69, 9.17) is 4.74 Å². The van der Waals surface area contributed by atoms with E-state index in [1.165, 1.54) is 29.8 Å². The van der Waals surface area contributed by atoms with Crippen LogP contribution in [-0.4, -0.2) is 69.8 Å². The van der Waals surface area contributed by atoms with E-state index in [-0.39, 0.29) is 23.5 Å². The molecule has 9 heteroatoms. The maximum atomic E-state index is 13.6. The van der Waals surface area contributed by atoms with E-state index in [1.54, 1.807) is 18.0 Å². The number of aromatic hydroxyl groups is 1. The standard InChI is InChI=1S/C35H35F3N2O4/c1-39(30(42)15-10-23-8-5-9-25(20-23)35(36,37)38)27-13-14-29-33-17-19-40(18-16-22-6-3-2-4-7-22)28(34(27,33)43)21-24-11-12-26(41)32(44-29)31(24)33/h2-12,15,20,27-29,41,43H,13-14,16-19,21H2,1H3/t27-,28-,29+,33-,34-/m1/s1. The molecule has 44 heavy (non-hydrogen) atoms. The van der Waals surface area contributed by atoms with E-state index in [0.29, 0.717) is 31.4 Å². The Kier molecular flexibility index (Phi) is 6.82. The highest BCUT2D eigenvalue weighted by Gasteiger charge is 2.74. The largest absolute Gasteiger partial charge is 0.504 e. The Morgan fingerprint density at radius 1 is 1.11 bits per heavy atom. The number of alkyl halides is 3. The highest BCUT2D eigenvalue weighted by atomic mass is 19.4. The summed E-state index contributed by atoms with van der Waals surface area (Å²) in [5, 5.41) is 24.0. The molecule has 1 amide bonds. The molecule has 0 aromatic heterocycles. The van der Waals surface area contributed by atoms with Crippen LogP contribution in [0.5, 0.6) is 11.5 Å². The van der Waals surface area contributed by atoms with Crippen molar-refractivity contribution < 1.29 is 32.9 Å². The molecule has 2 aliphatic carbocycles. The van der Waals surface area contributed by atoms with Gasteiger partial charge in [-0.2, -0.15) is 13.2 Å². The predicted octanol–water partition coefficient (Wildman–Crippen LogP) is 5.35. The molecule has 2 aliphatic heterocycles. The number of hydrogen-bond donors (Lipinski definition) is 2. The van der Waals surface area contributed by atoms with Crippen LogP contribution >= 0.6 is 0 Å². The lowest BCUT2D eigenvalue weighted by molar-refractivity contribution is -0.216. The van der Waals surface area contributed by atoms with Crippen LogP contribution in [0.2, 0.25) is 0 Å². The number of hydrogen-bond acceptors (Lipinski definition) is 5. The number of rotatable bonds is 6. The van der Waals surface area contributed by atoms with Crippen molar-refractivity contribution >= 4 is 12.0 Å². The summed E-state index contributed by atoms with van der Waals surface area (Å²) >= 11 is 0. The van der Waals surface area contributed by atoms with E-state index in [0.717, 1.165) is 42.8 Å². The minimum atomic E-state index is -4.48. The monoisotopic (exact) mass is 604 g/mol. The van der Waals surface area contributed by atoms with Gasteiger partial charge < -0.3 is 19.8 Å². The van der Waals surface area contributed by atoms with Crippen LogP contribution in [0.4, 0.5) is 13.2 Å². The highest BCUT2D eigenvalue weighted by molar-refractivity contribution is 5.92. The van der Waals surface area contributed by atoms with Gasteiger partial charge in [0, 0.05) is 31.3 Å². The van der Waals surface area contributed by atoms with Gasteiger partial charge in [0.15, 0.2) is 11.5 Å². The van der Waals surface area contributed by atoms with Crippen LogP contribution in [0.25, 0.3) is 6.08 Å². The zero-order valence-electron chi connectivity index (χ0n) is 24.4. The molecular weight excluding hydrogens is 569 g/mol. The molecule has 0 radical (unpaired) electrons. The number of nitrogens with zero attached hydrogens (tertiary/aromatic N) is 2. The van der Waals surface area contributed by atoms with Crippen LogP contribution in [0.3, 0.4) is 0 Å². The number of benzene rings is 3. The van der Waals surface area contributed by atoms with Gasteiger partial charge in [-0.1, -0.05) is 48.5 Å². The molecule has 230 valence electrons. The molecule has 1 spiro atoms. The van der Waals surface area contributed by atoms with E-state index in [2.05, 4.69) is 17.0 Å². The summed E-state index contributed by atoms with van der Waals surface area (Å²) in [4.78, 5) is 17.5. The van der Waals surface area contributed by atoms with Crippen molar-refractivity contribution in [2.45, 2.75) is 67.5 Å². The Labute approximate surface area is 254 Å². The molecule has 0 unspecified atom stereocenters. The van der Waals surface area contributed by atoms with Crippen molar-refractivity contribution in [2.24, 2.45) is 0 Å². The third kappa shape index (κ3) is 4.27. The quantitative estimate of drug-likeness (QED) is 0.372. The van der Waals surface area contributed by atoms with Gasteiger partial charge in [-0.25, -0.2) is 0 Å². The molecule has 2 heterocycles. The molecule has 1 saturated heterocycles. The van der Waals surface area contributed by atoms with Gasteiger partial charge in [0.25, 0.3) is 0 Å². The van der Waals surface area contributed by atoms with Crippen molar-refractivity contribution in [3.63, 3.8) is 0 Å². The molecule has 3 aromatic rings. The normalized spacial score (nSPS) is 28.9. The van der Waals surface area contributed by atoms with E-state index >= 15 is 0 Å². The maximum absolute atomic E-state index is 13.6. The molecule has 2 N–H and O–H groups in total. The van der Waals surface area contributed by atoms with Crippen LogP contribution in [0.15, 0.2) is 72.8 Å². The van der Waals surface area contributed by atoms with Crippen molar-refractivity contribution in [1.29, 1.82) is 0 Å². The van der Waals surface area contributed by atoms with Crippen molar-refractivity contribution in [2.75, 3.05) is 20.1 Å². The fourth-order valence-electron chi connectivity index (χ4n) is 8.57. The number of halogens is 3. The van der Waals surface area contributed by atoms with Gasteiger partial charge in [-0.05, 0) is 79.6 Å². The fourth-order valence-corrected chi connectivity index (χ4v) is 8.57. The first-order valence-corrected chi connectivity index (χ1v) is 15.2. The lowest BCUT2D eigenvalue weighted by atomic mass is 9.47. The second-order valence-corrected chi connectivity index (χ2v) is 12.6. The van der Waals surface area contributed by atoms with Crippen molar-refractivity contribution in [3.05, 3.63) is 101 Å². The van der Waals surface area contributed by atoms with E-state index in [1.807, 2.05) is 24.3 Å². The number of likely N-dealkylation sites (tertiary alicyclic amines) is 1. The zero-order chi connectivity index (χ0) is 30.9. The first-order chi connectivity index (χ1) is 21.0. The van der Waals surface area contributed by atoms with E-state index in [9.17, 15) is 28.2 Å². The Morgan fingerprint density at radius 2 is 1.91 bits per heavy atom. The van der Waals surface area contributed by atoms with Crippen LogP contribution in [-0.2, 0) is 29.2 Å². The third-order valence-electron chi connectivity index (χ3n) is 10.5. The van der Waals surface area contributed by atoms with Gasteiger partial charge in [0.2, 0.25) is 5.91 Å². The number of piperidine rings is 1. The number of phenols is 1. The van der Waals surface area contributed by atoms with Crippen LogP contribution in [0, 0.1) is 0 Å². The SMILES string of the molecule is CN(C(=O)C=Cc1cccc(C(F)(F)F)c1)[C@@H]1CC[C@@H]2Oc3c(O)ccc4c3[C@@]23CCN(CCc2ccccc2)[C@H](C4)[C@]13O. The number of likely N-dealkylation sites (N-methyl/N-ethyl adjacent to an activating group) is 1. The highest BCUT2D eigenvalue weighted by Crippen LogP contribution is 2.66. The lowest BCUT2D eigenvalue weighted by Gasteiger charge is -2.66. The molecule has 6 nitrogen and oxygen atoms in total. The van der Waals surface area contributed by atoms with Gasteiger partial charge in [0.05, 0.1) is 17.0 Å². The molecule has 3 aromatic carbocycles.